The zero-order chi connectivity index (χ0) is 14.0. The molecule has 0 amide bonds. The quantitative estimate of drug-likeness (QED) is 0.613. The molecule has 2 rings (SSSR count). The first-order valence-corrected chi connectivity index (χ1v) is 5.87. The molecule has 5 nitrogen and oxygen atoms in total. The van der Waals surface area contributed by atoms with E-state index in [1.54, 1.807) is 20.4 Å². The Bertz CT molecular complexity index is 534. The number of methoxy groups -OCH3 is 2. The van der Waals surface area contributed by atoms with Gasteiger partial charge in [-0.25, -0.2) is 4.79 Å². The molecule has 0 atom stereocenters. The average Bonchev–Trinajstić information content (AvgIpc) is 2.40. The molecule has 0 radical (unpaired) electrons. The lowest BCUT2D eigenvalue weighted by Crippen LogP contribution is -2.18. The maximum absolute atomic E-state index is 11.9. The van der Waals surface area contributed by atoms with E-state index in [-0.39, 0.29) is 12.6 Å². The van der Waals surface area contributed by atoms with Crippen LogP contribution in [0, 0.1) is 0 Å². The maximum atomic E-state index is 11.9. The van der Waals surface area contributed by atoms with Crippen molar-refractivity contribution in [1.29, 1.82) is 0 Å². The van der Waals surface area contributed by atoms with Gasteiger partial charge < -0.3 is 19.1 Å². The molecular weight excluding hydrogens is 246 g/mol. The van der Waals surface area contributed by atoms with Crippen LogP contribution in [-0.4, -0.2) is 39.2 Å². The molecule has 1 aliphatic rings. The molecule has 0 aromatic heterocycles. The summed E-state index contributed by atoms with van der Waals surface area (Å²) in [7, 11) is 6.86. The van der Waals surface area contributed by atoms with E-state index in [4.69, 9.17) is 14.2 Å². The van der Waals surface area contributed by atoms with E-state index >= 15 is 0 Å². The third-order valence-electron chi connectivity index (χ3n) is 2.87. The highest BCUT2D eigenvalue weighted by Gasteiger charge is 2.25. The number of benzene rings is 1. The van der Waals surface area contributed by atoms with Crippen molar-refractivity contribution in [3.8, 4) is 11.5 Å². The van der Waals surface area contributed by atoms with Crippen molar-refractivity contribution in [3.63, 3.8) is 0 Å². The van der Waals surface area contributed by atoms with Gasteiger partial charge in [0.15, 0.2) is 11.5 Å². The summed E-state index contributed by atoms with van der Waals surface area (Å²) >= 11 is 0. The SMILES string of the molecule is COc1cc2c(cc1OC)/C(=C/N(C)C)C(=O)OC2. The number of hydrogen-bond acceptors (Lipinski definition) is 5. The van der Waals surface area contributed by atoms with E-state index in [1.165, 1.54) is 0 Å². The highest BCUT2D eigenvalue weighted by atomic mass is 16.5. The summed E-state index contributed by atoms with van der Waals surface area (Å²) in [6.07, 6.45) is 1.74. The summed E-state index contributed by atoms with van der Waals surface area (Å²) in [5.41, 5.74) is 2.25. The summed E-state index contributed by atoms with van der Waals surface area (Å²) in [4.78, 5) is 13.7. The van der Waals surface area contributed by atoms with E-state index < -0.39 is 0 Å². The van der Waals surface area contributed by atoms with Crippen LogP contribution in [0.2, 0.25) is 0 Å². The zero-order valence-corrected chi connectivity index (χ0v) is 11.5. The summed E-state index contributed by atoms with van der Waals surface area (Å²) in [6.45, 7) is 0.249. The Morgan fingerprint density at radius 2 is 1.84 bits per heavy atom. The molecular formula is C14H17NO4. The Morgan fingerprint density at radius 1 is 1.21 bits per heavy atom. The van der Waals surface area contributed by atoms with E-state index in [1.807, 2.05) is 31.1 Å². The number of fused-ring (bicyclic) bond motifs is 1. The lowest BCUT2D eigenvalue weighted by Gasteiger charge is -2.22. The number of hydrogen-bond donors (Lipinski definition) is 0. The first-order valence-electron chi connectivity index (χ1n) is 5.87. The van der Waals surface area contributed by atoms with Crippen LogP contribution in [0.4, 0.5) is 0 Å². The van der Waals surface area contributed by atoms with E-state index in [2.05, 4.69) is 0 Å². The van der Waals surface area contributed by atoms with Crippen LogP contribution in [0.25, 0.3) is 5.57 Å². The van der Waals surface area contributed by atoms with Gasteiger partial charge >= 0.3 is 5.97 Å². The van der Waals surface area contributed by atoms with Crippen molar-refractivity contribution in [2.45, 2.75) is 6.61 Å². The monoisotopic (exact) mass is 263 g/mol. The Hall–Kier alpha value is -2.17. The number of rotatable bonds is 3. The van der Waals surface area contributed by atoms with Gasteiger partial charge in [-0.05, 0) is 12.1 Å². The lowest BCUT2D eigenvalue weighted by molar-refractivity contribution is -0.138. The topological polar surface area (TPSA) is 48.0 Å². The molecule has 102 valence electrons. The second-order valence-electron chi connectivity index (χ2n) is 4.45. The molecule has 0 spiro atoms. The molecule has 0 fully saturated rings. The minimum atomic E-state index is -0.326. The number of nitrogens with zero attached hydrogens (tertiary/aromatic N) is 1. The normalized spacial score (nSPS) is 15.8. The fourth-order valence-corrected chi connectivity index (χ4v) is 2.00. The molecule has 0 saturated carbocycles. The van der Waals surface area contributed by atoms with Crippen LogP contribution in [0.1, 0.15) is 11.1 Å². The van der Waals surface area contributed by atoms with Crippen molar-refractivity contribution in [2.75, 3.05) is 28.3 Å². The highest BCUT2D eigenvalue weighted by Crippen LogP contribution is 2.36. The van der Waals surface area contributed by atoms with Crippen molar-refractivity contribution in [2.24, 2.45) is 0 Å². The van der Waals surface area contributed by atoms with Crippen molar-refractivity contribution < 1.29 is 19.0 Å². The first-order chi connectivity index (χ1) is 9.06. The molecule has 1 aliphatic heterocycles. The minimum Gasteiger partial charge on any atom is -0.493 e. The van der Waals surface area contributed by atoms with Crippen LogP contribution in [0.5, 0.6) is 11.5 Å². The van der Waals surface area contributed by atoms with Crippen LogP contribution in [0.15, 0.2) is 18.3 Å². The fraction of sp³-hybridized carbons (Fsp3) is 0.357. The lowest BCUT2D eigenvalue weighted by atomic mass is 9.97. The largest absolute Gasteiger partial charge is 0.493 e. The zero-order valence-electron chi connectivity index (χ0n) is 11.5. The molecule has 1 heterocycles. The summed E-state index contributed by atoms with van der Waals surface area (Å²) < 4.78 is 15.7. The minimum absolute atomic E-state index is 0.249. The van der Waals surface area contributed by atoms with Gasteiger partial charge in [0.25, 0.3) is 0 Å². The third kappa shape index (κ3) is 2.50. The Balaban J connectivity index is 2.58. The molecule has 5 heteroatoms. The predicted octanol–water partition coefficient (Wildman–Crippen LogP) is 1.66. The number of carbonyl (C=O) groups excluding carboxylic acids is 1. The van der Waals surface area contributed by atoms with Crippen LogP contribution < -0.4 is 9.47 Å². The number of cyclic esters (lactones) is 1. The van der Waals surface area contributed by atoms with Crippen LogP contribution >= 0.6 is 0 Å². The van der Waals surface area contributed by atoms with Crippen LogP contribution in [-0.2, 0) is 16.1 Å². The van der Waals surface area contributed by atoms with Crippen LogP contribution in [0.3, 0.4) is 0 Å². The molecule has 1 aromatic rings. The van der Waals surface area contributed by atoms with Gasteiger partial charge in [-0.3, -0.25) is 0 Å². The molecule has 0 bridgehead atoms. The second kappa shape index (κ2) is 5.22. The Labute approximate surface area is 112 Å². The number of carbonyl (C=O) groups is 1. The molecule has 0 unspecified atom stereocenters. The molecule has 19 heavy (non-hydrogen) atoms. The first kappa shape index (κ1) is 13.3. The Kier molecular flexibility index (Phi) is 3.64. The maximum Gasteiger partial charge on any atom is 0.340 e. The van der Waals surface area contributed by atoms with Crippen molar-refractivity contribution in [1.82, 2.24) is 4.90 Å². The summed E-state index contributed by atoms with van der Waals surface area (Å²) in [5, 5.41) is 0. The van der Waals surface area contributed by atoms with E-state index in [0.717, 1.165) is 11.1 Å². The van der Waals surface area contributed by atoms with Gasteiger partial charge in [0, 0.05) is 31.4 Å². The van der Waals surface area contributed by atoms with Gasteiger partial charge in [-0.2, -0.15) is 0 Å². The third-order valence-corrected chi connectivity index (χ3v) is 2.87. The molecule has 1 aromatic carbocycles. The molecule has 0 saturated heterocycles. The smallest absolute Gasteiger partial charge is 0.340 e. The van der Waals surface area contributed by atoms with Gasteiger partial charge in [0.05, 0.1) is 19.8 Å². The standard InChI is InChI=1S/C14H17NO4/c1-15(2)7-11-10-6-13(18-4)12(17-3)5-9(10)8-19-14(11)16/h5-7H,8H2,1-4H3/b11-7-. The van der Waals surface area contributed by atoms with Gasteiger partial charge in [-0.1, -0.05) is 0 Å². The number of ether oxygens (including phenoxy) is 3. The van der Waals surface area contributed by atoms with Crippen molar-refractivity contribution >= 4 is 11.5 Å². The highest BCUT2D eigenvalue weighted by molar-refractivity contribution is 6.17. The van der Waals surface area contributed by atoms with Gasteiger partial charge in [-0.15, -0.1) is 0 Å². The Morgan fingerprint density at radius 3 is 2.42 bits per heavy atom. The van der Waals surface area contributed by atoms with E-state index in [9.17, 15) is 4.79 Å². The average molecular weight is 263 g/mol. The van der Waals surface area contributed by atoms with Crippen molar-refractivity contribution in [3.05, 3.63) is 29.5 Å². The fourth-order valence-electron chi connectivity index (χ4n) is 2.00. The molecule has 0 aliphatic carbocycles. The predicted molar refractivity (Wildman–Crippen MR) is 71.0 cm³/mol. The summed E-state index contributed by atoms with van der Waals surface area (Å²) in [5.74, 6) is 0.900. The van der Waals surface area contributed by atoms with E-state index in [0.29, 0.717) is 17.1 Å². The van der Waals surface area contributed by atoms with Gasteiger partial charge in [0.2, 0.25) is 0 Å². The summed E-state index contributed by atoms with van der Waals surface area (Å²) in [6, 6.07) is 3.65. The molecule has 0 N–H and O–H groups in total. The number of esters is 1. The van der Waals surface area contributed by atoms with Gasteiger partial charge in [0.1, 0.15) is 6.61 Å². The second-order valence-corrected chi connectivity index (χ2v) is 4.45.